The van der Waals surface area contributed by atoms with Crippen molar-refractivity contribution < 1.29 is 4.39 Å². The molecule has 128 valence electrons. The van der Waals surface area contributed by atoms with E-state index in [1.807, 2.05) is 13.0 Å². The third-order valence-corrected chi connectivity index (χ3v) is 5.20. The van der Waals surface area contributed by atoms with Crippen molar-refractivity contribution in [2.75, 3.05) is 29.4 Å². The van der Waals surface area contributed by atoms with E-state index in [9.17, 15) is 4.39 Å². The number of halogens is 1. The van der Waals surface area contributed by atoms with E-state index in [1.54, 1.807) is 12.3 Å². The fourth-order valence-corrected chi connectivity index (χ4v) is 3.89. The molecule has 0 aliphatic carbocycles. The van der Waals surface area contributed by atoms with Gasteiger partial charge in [0.15, 0.2) is 11.6 Å². The molecule has 2 unspecified atom stereocenters. The second kappa shape index (κ2) is 6.28. The number of nitriles is 1. The molecule has 2 aromatic heterocycles. The van der Waals surface area contributed by atoms with Crippen molar-refractivity contribution in [1.29, 1.82) is 5.26 Å². The lowest BCUT2D eigenvalue weighted by Gasteiger charge is -2.26. The summed E-state index contributed by atoms with van der Waals surface area (Å²) >= 11 is 0. The second-order valence-corrected chi connectivity index (χ2v) is 6.54. The number of fused-ring (bicyclic) bond motifs is 1. The molecule has 4 rings (SSSR count). The van der Waals surface area contributed by atoms with Gasteiger partial charge in [0.25, 0.3) is 0 Å². The normalized spacial score (nSPS) is 22.1. The van der Waals surface area contributed by atoms with Gasteiger partial charge in [0, 0.05) is 31.7 Å². The van der Waals surface area contributed by atoms with E-state index in [0.717, 1.165) is 31.9 Å². The Morgan fingerprint density at radius 1 is 1.28 bits per heavy atom. The van der Waals surface area contributed by atoms with E-state index < -0.39 is 0 Å². The fourth-order valence-electron chi connectivity index (χ4n) is 3.89. The zero-order valence-corrected chi connectivity index (χ0v) is 14.1. The van der Waals surface area contributed by atoms with Crippen molar-refractivity contribution in [1.82, 2.24) is 15.0 Å². The van der Waals surface area contributed by atoms with E-state index in [2.05, 4.69) is 30.8 Å². The molecule has 6 nitrogen and oxygen atoms in total. The summed E-state index contributed by atoms with van der Waals surface area (Å²) in [5.41, 5.74) is 1.02. The number of rotatable bonds is 3. The Morgan fingerprint density at radius 2 is 2.16 bits per heavy atom. The van der Waals surface area contributed by atoms with Gasteiger partial charge in [0.2, 0.25) is 0 Å². The molecule has 0 amide bonds. The van der Waals surface area contributed by atoms with E-state index in [1.165, 1.54) is 6.33 Å². The van der Waals surface area contributed by atoms with Crippen LogP contribution in [0.3, 0.4) is 0 Å². The van der Waals surface area contributed by atoms with Crippen LogP contribution in [0.1, 0.15) is 24.6 Å². The molecule has 2 atom stereocenters. The standard InChI is InChI=1S/C18H19FN6/c1-2-14-17(19)18(23-11-22-14)25-6-5-13-9-24(10-15(13)25)16-4-3-12(7-20)8-21-16/h3-4,8,11,13,15H,2,5-6,9-10H2,1H3. The molecule has 0 aromatic carbocycles. The number of pyridine rings is 1. The summed E-state index contributed by atoms with van der Waals surface area (Å²) in [5.74, 6) is 1.47. The molecule has 0 radical (unpaired) electrons. The third kappa shape index (κ3) is 2.68. The van der Waals surface area contributed by atoms with Gasteiger partial charge >= 0.3 is 0 Å². The molecule has 0 spiro atoms. The van der Waals surface area contributed by atoms with Gasteiger partial charge < -0.3 is 9.80 Å². The van der Waals surface area contributed by atoms with Crippen molar-refractivity contribution in [2.45, 2.75) is 25.8 Å². The summed E-state index contributed by atoms with van der Waals surface area (Å²) in [6.45, 7) is 4.40. The molecule has 7 heteroatoms. The van der Waals surface area contributed by atoms with Gasteiger partial charge in [-0.15, -0.1) is 0 Å². The van der Waals surface area contributed by atoms with Gasteiger partial charge in [-0.25, -0.2) is 19.3 Å². The molecule has 0 N–H and O–H groups in total. The fraction of sp³-hybridized carbons (Fsp3) is 0.444. The van der Waals surface area contributed by atoms with Gasteiger partial charge in [-0.3, -0.25) is 0 Å². The molecule has 25 heavy (non-hydrogen) atoms. The minimum Gasteiger partial charge on any atom is -0.354 e. The zero-order valence-electron chi connectivity index (χ0n) is 14.1. The maximum atomic E-state index is 14.7. The summed E-state index contributed by atoms with van der Waals surface area (Å²) in [7, 11) is 0. The average Bonchev–Trinajstić information content (AvgIpc) is 3.23. The van der Waals surface area contributed by atoms with Crippen LogP contribution in [0.2, 0.25) is 0 Å². The molecule has 0 saturated carbocycles. The van der Waals surface area contributed by atoms with Crippen LogP contribution in [-0.4, -0.2) is 40.6 Å². The third-order valence-electron chi connectivity index (χ3n) is 5.20. The highest BCUT2D eigenvalue weighted by molar-refractivity contribution is 5.49. The molecule has 2 aliphatic rings. The topological polar surface area (TPSA) is 68.9 Å². The summed E-state index contributed by atoms with van der Waals surface area (Å²) in [6, 6.07) is 5.98. The number of aryl methyl sites for hydroxylation is 1. The Morgan fingerprint density at radius 3 is 2.88 bits per heavy atom. The summed E-state index contributed by atoms with van der Waals surface area (Å²) in [5, 5.41) is 8.90. The predicted octanol–water partition coefficient (Wildman–Crippen LogP) is 2.16. The molecule has 2 saturated heterocycles. The van der Waals surface area contributed by atoms with Crippen LogP contribution < -0.4 is 9.80 Å². The van der Waals surface area contributed by atoms with Crippen molar-refractivity contribution in [3.8, 4) is 6.07 Å². The Kier molecular flexibility index (Phi) is 3.96. The lowest BCUT2D eigenvalue weighted by Crippen LogP contribution is -2.36. The maximum absolute atomic E-state index is 14.7. The summed E-state index contributed by atoms with van der Waals surface area (Å²) in [6.07, 6.45) is 4.63. The number of nitrogens with zero attached hydrogens (tertiary/aromatic N) is 6. The lowest BCUT2D eigenvalue weighted by molar-refractivity contribution is 0.557. The number of anilines is 2. The number of aromatic nitrogens is 3. The second-order valence-electron chi connectivity index (χ2n) is 6.54. The number of hydrogen-bond acceptors (Lipinski definition) is 6. The highest BCUT2D eigenvalue weighted by Gasteiger charge is 2.43. The van der Waals surface area contributed by atoms with E-state index >= 15 is 0 Å². The first kappa shape index (κ1) is 15.8. The molecule has 2 fully saturated rings. The van der Waals surface area contributed by atoms with Gasteiger partial charge in [-0.1, -0.05) is 6.92 Å². The smallest absolute Gasteiger partial charge is 0.187 e. The van der Waals surface area contributed by atoms with Crippen molar-refractivity contribution in [2.24, 2.45) is 5.92 Å². The minimum absolute atomic E-state index is 0.228. The van der Waals surface area contributed by atoms with Gasteiger partial charge in [-0.2, -0.15) is 5.26 Å². The predicted molar refractivity (Wildman–Crippen MR) is 91.8 cm³/mol. The van der Waals surface area contributed by atoms with Gasteiger partial charge in [-0.05, 0) is 25.0 Å². The molecule has 2 aromatic rings. The Bertz CT molecular complexity index is 815. The first-order chi connectivity index (χ1) is 12.2. The van der Waals surface area contributed by atoms with E-state index in [4.69, 9.17) is 5.26 Å². The molecule has 0 bridgehead atoms. The van der Waals surface area contributed by atoms with Crippen LogP contribution in [-0.2, 0) is 6.42 Å². The Hall–Kier alpha value is -2.75. The van der Waals surface area contributed by atoms with Crippen LogP contribution in [0.15, 0.2) is 24.7 Å². The van der Waals surface area contributed by atoms with Crippen LogP contribution in [0.4, 0.5) is 16.0 Å². The SMILES string of the molecule is CCc1ncnc(N2CCC3CN(c4ccc(C#N)cn4)CC32)c1F. The summed E-state index contributed by atoms with van der Waals surface area (Å²) in [4.78, 5) is 16.9. The highest BCUT2D eigenvalue weighted by atomic mass is 19.1. The monoisotopic (exact) mass is 338 g/mol. The average molecular weight is 338 g/mol. The molecule has 4 heterocycles. The van der Waals surface area contributed by atoms with E-state index in [-0.39, 0.29) is 11.9 Å². The quantitative estimate of drug-likeness (QED) is 0.854. The zero-order chi connectivity index (χ0) is 17.4. The maximum Gasteiger partial charge on any atom is 0.187 e. The van der Waals surface area contributed by atoms with Crippen LogP contribution in [0.5, 0.6) is 0 Å². The first-order valence-corrected chi connectivity index (χ1v) is 8.58. The Balaban J connectivity index is 1.56. The van der Waals surface area contributed by atoms with Crippen molar-refractivity contribution in [3.63, 3.8) is 0 Å². The van der Waals surface area contributed by atoms with Gasteiger partial charge in [0.05, 0.1) is 17.3 Å². The summed E-state index contributed by atoms with van der Waals surface area (Å²) < 4.78 is 14.7. The lowest BCUT2D eigenvalue weighted by atomic mass is 10.1. The molecular weight excluding hydrogens is 319 g/mol. The van der Waals surface area contributed by atoms with Crippen molar-refractivity contribution in [3.05, 3.63) is 41.7 Å². The first-order valence-electron chi connectivity index (χ1n) is 8.58. The van der Waals surface area contributed by atoms with Crippen LogP contribution in [0, 0.1) is 23.1 Å². The molecule has 2 aliphatic heterocycles. The Labute approximate surface area is 145 Å². The molecular formula is C18H19FN6. The van der Waals surface area contributed by atoms with E-state index in [0.29, 0.717) is 29.4 Å². The largest absolute Gasteiger partial charge is 0.354 e. The van der Waals surface area contributed by atoms with Crippen LogP contribution in [0.25, 0.3) is 0 Å². The highest BCUT2D eigenvalue weighted by Crippen LogP contribution is 2.36. The minimum atomic E-state index is -0.291. The van der Waals surface area contributed by atoms with Gasteiger partial charge in [0.1, 0.15) is 18.2 Å². The number of hydrogen-bond donors (Lipinski definition) is 0. The van der Waals surface area contributed by atoms with Crippen molar-refractivity contribution >= 4 is 11.6 Å². The van der Waals surface area contributed by atoms with Crippen LogP contribution >= 0.6 is 0 Å².